The van der Waals surface area contributed by atoms with Crippen molar-refractivity contribution in [3.8, 4) is 0 Å². The molecule has 0 amide bonds. The van der Waals surface area contributed by atoms with Gasteiger partial charge in [-0.2, -0.15) is 0 Å². The van der Waals surface area contributed by atoms with E-state index in [1.807, 2.05) is 0 Å². The first kappa shape index (κ1) is 15.3. The van der Waals surface area contributed by atoms with Crippen molar-refractivity contribution in [2.45, 2.75) is 26.3 Å². The van der Waals surface area contributed by atoms with Crippen molar-refractivity contribution >= 4 is 16.0 Å². The summed E-state index contributed by atoms with van der Waals surface area (Å²) < 4.78 is 23.8. The van der Waals surface area contributed by atoms with Gasteiger partial charge >= 0.3 is 5.97 Å². The third-order valence-corrected chi connectivity index (χ3v) is 3.05. The Morgan fingerprint density at radius 2 is 1.88 bits per heavy atom. The summed E-state index contributed by atoms with van der Waals surface area (Å²) in [6, 6.07) is -0.129. The zero-order valence-electron chi connectivity index (χ0n) is 9.86. The number of hydrogen-bond acceptors (Lipinski definition) is 4. The van der Waals surface area contributed by atoms with Crippen LogP contribution >= 0.6 is 0 Å². The van der Waals surface area contributed by atoms with Crippen LogP contribution < -0.4 is 10.0 Å². The summed E-state index contributed by atoms with van der Waals surface area (Å²) in [6.07, 6.45) is 1.74. The first-order valence-electron chi connectivity index (χ1n) is 5.15. The third kappa shape index (κ3) is 7.61. The molecule has 7 heteroatoms. The van der Waals surface area contributed by atoms with Gasteiger partial charge in [0.1, 0.15) is 0 Å². The number of carboxylic acids is 1. The number of aliphatic carboxylic acids is 1. The first-order chi connectivity index (χ1) is 7.24. The van der Waals surface area contributed by atoms with Crippen LogP contribution in [0.15, 0.2) is 0 Å². The second kappa shape index (κ2) is 6.82. The van der Waals surface area contributed by atoms with Gasteiger partial charge in [-0.1, -0.05) is 6.92 Å². The summed E-state index contributed by atoms with van der Waals surface area (Å²) >= 11 is 0. The Labute approximate surface area is 96.5 Å². The van der Waals surface area contributed by atoms with E-state index in [9.17, 15) is 13.2 Å². The molecule has 0 aromatic heterocycles. The standard InChI is InChI=1S/C9H20N2O4S/c1-7(9(12)13)8(2)10-5-4-6-11-16(3,14)15/h7-8,10-11H,4-6H2,1-3H3,(H,12,13). The number of sulfonamides is 1. The first-order valence-corrected chi connectivity index (χ1v) is 7.04. The number of nitrogens with one attached hydrogen (secondary N) is 2. The van der Waals surface area contributed by atoms with Crippen LogP contribution in [0.25, 0.3) is 0 Å². The van der Waals surface area contributed by atoms with Crippen LogP contribution in [0.2, 0.25) is 0 Å². The molecule has 2 unspecified atom stereocenters. The molecule has 0 aromatic carbocycles. The number of rotatable bonds is 8. The Morgan fingerprint density at radius 1 is 1.31 bits per heavy atom. The zero-order valence-corrected chi connectivity index (χ0v) is 10.7. The topological polar surface area (TPSA) is 95.5 Å². The summed E-state index contributed by atoms with van der Waals surface area (Å²) in [5, 5.41) is 11.8. The molecule has 0 spiro atoms. The van der Waals surface area contributed by atoms with Crippen molar-refractivity contribution in [2.75, 3.05) is 19.3 Å². The molecule has 2 atom stereocenters. The lowest BCUT2D eigenvalue weighted by molar-refractivity contribution is -0.141. The van der Waals surface area contributed by atoms with Crippen molar-refractivity contribution < 1.29 is 18.3 Å². The normalized spacial score (nSPS) is 15.7. The molecular formula is C9H20N2O4S. The van der Waals surface area contributed by atoms with Gasteiger partial charge in [0.05, 0.1) is 12.2 Å². The van der Waals surface area contributed by atoms with Gasteiger partial charge in [0.15, 0.2) is 0 Å². The van der Waals surface area contributed by atoms with Gasteiger partial charge in [-0.3, -0.25) is 4.79 Å². The van der Waals surface area contributed by atoms with Gasteiger partial charge < -0.3 is 10.4 Å². The highest BCUT2D eigenvalue weighted by Gasteiger charge is 2.18. The van der Waals surface area contributed by atoms with Crippen LogP contribution in [0, 0.1) is 5.92 Å². The van der Waals surface area contributed by atoms with Crippen LogP contribution in [-0.2, 0) is 14.8 Å². The zero-order chi connectivity index (χ0) is 12.8. The minimum atomic E-state index is -3.13. The predicted octanol–water partition coefficient (Wildman–Crippen LogP) is -0.375. The van der Waals surface area contributed by atoms with Crippen LogP contribution in [-0.4, -0.2) is 44.9 Å². The van der Waals surface area contributed by atoms with Crippen LogP contribution in [0.3, 0.4) is 0 Å². The lowest BCUT2D eigenvalue weighted by Gasteiger charge is -2.17. The van der Waals surface area contributed by atoms with Gasteiger partial charge in [-0.25, -0.2) is 13.1 Å². The van der Waals surface area contributed by atoms with Crippen LogP contribution in [0.4, 0.5) is 0 Å². The summed E-state index contributed by atoms with van der Waals surface area (Å²) in [7, 11) is -3.13. The molecular weight excluding hydrogens is 232 g/mol. The van der Waals surface area contributed by atoms with Gasteiger partial charge in [0.2, 0.25) is 10.0 Å². The summed E-state index contributed by atoms with van der Waals surface area (Å²) in [6.45, 7) is 4.37. The maximum atomic E-state index is 10.7. The van der Waals surface area contributed by atoms with Crippen molar-refractivity contribution in [3.63, 3.8) is 0 Å². The number of carbonyl (C=O) groups is 1. The molecule has 0 aliphatic carbocycles. The van der Waals surface area contributed by atoms with Crippen molar-refractivity contribution in [3.05, 3.63) is 0 Å². The molecule has 16 heavy (non-hydrogen) atoms. The molecule has 0 fully saturated rings. The van der Waals surface area contributed by atoms with Gasteiger partial charge in [-0.05, 0) is 19.9 Å². The lowest BCUT2D eigenvalue weighted by atomic mass is 10.0. The van der Waals surface area contributed by atoms with Crippen LogP contribution in [0.5, 0.6) is 0 Å². The molecule has 0 rings (SSSR count). The Kier molecular flexibility index (Phi) is 6.54. The Bertz CT molecular complexity index is 315. The maximum absolute atomic E-state index is 10.7. The van der Waals surface area contributed by atoms with Gasteiger partial charge in [-0.15, -0.1) is 0 Å². The van der Waals surface area contributed by atoms with Crippen LogP contribution in [0.1, 0.15) is 20.3 Å². The molecule has 6 nitrogen and oxygen atoms in total. The van der Waals surface area contributed by atoms with E-state index < -0.39 is 21.9 Å². The van der Waals surface area contributed by atoms with E-state index in [0.29, 0.717) is 19.5 Å². The summed E-state index contributed by atoms with van der Waals surface area (Å²) in [5.74, 6) is -1.29. The number of carboxylic acid groups (broad SMARTS) is 1. The average molecular weight is 252 g/mol. The highest BCUT2D eigenvalue weighted by atomic mass is 32.2. The third-order valence-electron chi connectivity index (χ3n) is 2.32. The second-order valence-electron chi connectivity index (χ2n) is 3.89. The molecule has 0 heterocycles. The minimum absolute atomic E-state index is 0.129. The monoisotopic (exact) mass is 252 g/mol. The molecule has 0 saturated carbocycles. The van der Waals surface area contributed by atoms with Gasteiger partial charge in [0, 0.05) is 12.6 Å². The van der Waals surface area contributed by atoms with E-state index in [2.05, 4.69) is 10.0 Å². The SMILES string of the molecule is CC(NCCCNS(C)(=O)=O)C(C)C(=O)O. The Morgan fingerprint density at radius 3 is 2.31 bits per heavy atom. The van der Waals surface area contributed by atoms with E-state index in [1.165, 1.54) is 0 Å². The molecule has 0 aromatic rings. The Hall–Kier alpha value is -0.660. The lowest BCUT2D eigenvalue weighted by Crippen LogP contribution is -2.37. The molecule has 3 N–H and O–H groups in total. The summed E-state index contributed by atoms with van der Waals surface area (Å²) in [4.78, 5) is 10.6. The molecule has 0 saturated heterocycles. The fourth-order valence-corrected chi connectivity index (χ4v) is 1.58. The van der Waals surface area contributed by atoms with Crippen molar-refractivity contribution in [1.82, 2.24) is 10.0 Å². The van der Waals surface area contributed by atoms with Crippen molar-refractivity contribution in [2.24, 2.45) is 5.92 Å². The molecule has 0 aliphatic rings. The molecule has 0 aliphatic heterocycles. The highest BCUT2D eigenvalue weighted by molar-refractivity contribution is 7.88. The van der Waals surface area contributed by atoms with E-state index in [1.54, 1.807) is 13.8 Å². The van der Waals surface area contributed by atoms with E-state index >= 15 is 0 Å². The Balaban J connectivity index is 3.63. The average Bonchev–Trinajstić information content (AvgIpc) is 2.13. The smallest absolute Gasteiger partial charge is 0.307 e. The largest absolute Gasteiger partial charge is 0.481 e. The maximum Gasteiger partial charge on any atom is 0.307 e. The second-order valence-corrected chi connectivity index (χ2v) is 5.72. The van der Waals surface area contributed by atoms with E-state index in [4.69, 9.17) is 5.11 Å². The fraction of sp³-hybridized carbons (Fsp3) is 0.889. The van der Waals surface area contributed by atoms with Crippen molar-refractivity contribution in [1.29, 1.82) is 0 Å². The fourth-order valence-electron chi connectivity index (χ4n) is 1.07. The minimum Gasteiger partial charge on any atom is -0.481 e. The van der Waals surface area contributed by atoms with Gasteiger partial charge in [0.25, 0.3) is 0 Å². The summed E-state index contributed by atoms with van der Waals surface area (Å²) in [5.41, 5.74) is 0. The quantitative estimate of drug-likeness (QED) is 0.512. The van der Waals surface area contributed by atoms with E-state index in [0.717, 1.165) is 6.26 Å². The van der Waals surface area contributed by atoms with E-state index in [-0.39, 0.29) is 6.04 Å². The number of hydrogen-bond donors (Lipinski definition) is 3. The molecule has 0 radical (unpaired) electrons. The predicted molar refractivity (Wildman–Crippen MR) is 61.7 cm³/mol. The molecule has 0 bridgehead atoms. The highest BCUT2D eigenvalue weighted by Crippen LogP contribution is 2.01. The molecule has 96 valence electrons.